The highest BCUT2D eigenvalue weighted by Gasteiger charge is 2.38. The fraction of sp³-hybridized carbons (Fsp3) is 0.462. The van der Waals surface area contributed by atoms with Crippen molar-refractivity contribution < 1.29 is 23.1 Å². The van der Waals surface area contributed by atoms with Gasteiger partial charge in [-0.15, -0.1) is 0 Å². The highest BCUT2D eigenvalue weighted by Crippen LogP contribution is 2.36. The van der Waals surface area contributed by atoms with E-state index >= 15 is 0 Å². The summed E-state index contributed by atoms with van der Waals surface area (Å²) in [7, 11) is 0. The number of carbonyl (C=O) groups excluding carboxylic acids is 1. The van der Waals surface area contributed by atoms with Crippen molar-refractivity contribution in [3.05, 3.63) is 28.8 Å². The summed E-state index contributed by atoms with van der Waals surface area (Å²) in [5.41, 5.74) is -2.58. The molecule has 0 spiro atoms. The molecule has 0 unspecified atom stereocenters. The van der Waals surface area contributed by atoms with Gasteiger partial charge in [-0.25, -0.2) is 0 Å². The van der Waals surface area contributed by atoms with Crippen molar-refractivity contribution in [3.8, 4) is 0 Å². The van der Waals surface area contributed by atoms with Gasteiger partial charge in [-0.05, 0) is 42.5 Å². The first-order valence-electron chi connectivity index (χ1n) is 6.21. The second-order valence-electron chi connectivity index (χ2n) is 4.79. The van der Waals surface area contributed by atoms with Gasteiger partial charge in [0.1, 0.15) is 5.60 Å². The quantitative estimate of drug-likeness (QED) is 0.866. The second-order valence-corrected chi connectivity index (χ2v) is 6.42. The number of nitrogens with one attached hydrogen (secondary N) is 1. The molecule has 1 fully saturated rings. The third-order valence-electron chi connectivity index (χ3n) is 3.27. The van der Waals surface area contributed by atoms with Crippen LogP contribution in [0.2, 0.25) is 5.02 Å². The van der Waals surface area contributed by atoms with E-state index in [2.05, 4.69) is 5.32 Å². The first-order chi connectivity index (χ1) is 9.72. The fourth-order valence-electron chi connectivity index (χ4n) is 2.00. The molecule has 1 aromatic carbocycles. The van der Waals surface area contributed by atoms with Crippen LogP contribution in [-0.4, -0.2) is 28.1 Å². The minimum absolute atomic E-state index is 0.0385. The minimum atomic E-state index is -4.60. The van der Waals surface area contributed by atoms with E-state index in [1.165, 1.54) is 6.07 Å². The zero-order chi connectivity index (χ0) is 15.7. The van der Waals surface area contributed by atoms with Gasteiger partial charge in [0.25, 0.3) is 5.91 Å². The van der Waals surface area contributed by atoms with E-state index in [0.29, 0.717) is 11.5 Å². The van der Waals surface area contributed by atoms with Gasteiger partial charge in [0, 0.05) is 5.69 Å². The number of benzene rings is 1. The monoisotopic (exact) mass is 339 g/mol. The van der Waals surface area contributed by atoms with Crippen LogP contribution in [0, 0.1) is 0 Å². The van der Waals surface area contributed by atoms with Crippen LogP contribution in [0.4, 0.5) is 18.9 Å². The first kappa shape index (κ1) is 16.5. The smallest absolute Gasteiger partial charge is 0.380 e. The van der Waals surface area contributed by atoms with Gasteiger partial charge in [-0.3, -0.25) is 4.79 Å². The van der Waals surface area contributed by atoms with Crippen molar-refractivity contribution in [1.29, 1.82) is 0 Å². The molecular formula is C13H13ClF3NO2S. The lowest BCUT2D eigenvalue weighted by Crippen LogP contribution is -2.45. The van der Waals surface area contributed by atoms with Crippen LogP contribution in [0.5, 0.6) is 0 Å². The number of halogens is 4. The van der Waals surface area contributed by atoms with Crippen molar-refractivity contribution >= 4 is 35.0 Å². The summed E-state index contributed by atoms with van der Waals surface area (Å²) >= 11 is 7.13. The second kappa shape index (κ2) is 6.06. The van der Waals surface area contributed by atoms with Gasteiger partial charge in [0.15, 0.2) is 0 Å². The van der Waals surface area contributed by atoms with Gasteiger partial charge >= 0.3 is 6.18 Å². The van der Waals surface area contributed by atoms with E-state index < -0.39 is 28.3 Å². The van der Waals surface area contributed by atoms with E-state index in [9.17, 15) is 23.1 Å². The topological polar surface area (TPSA) is 49.3 Å². The summed E-state index contributed by atoms with van der Waals surface area (Å²) < 4.78 is 38.2. The Morgan fingerprint density at radius 1 is 1.33 bits per heavy atom. The number of amides is 1. The summed E-state index contributed by atoms with van der Waals surface area (Å²) in [5, 5.41) is 12.1. The number of aliphatic hydroxyl groups is 1. The lowest BCUT2D eigenvalue weighted by molar-refractivity contribution is -0.137. The molecular weight excluding hydrogens is 327 g/mol. The van der Waals surface area contributed by atoms with Crippen LogP contribution in [0.3, 0.4) is 0 Å². The lowest BCUT2D eigenvalue weighted by atomic mass is 9.95. The molecule has 21 heavy (non-hydrogen) atoms. The molecule has 2 N–H and O–H groups in total. The maximum absolute atomic E-state index is 12.7. The molecule has 0 saturated carbocycles. The van der Waals surface area contributed by atoms with E-state index in [1.807, 2.05) is 0 Å². The SMILES string of the molecule is O=C(Nc1ccc(Cl)c(C(F)(F)F)c1)C1(O)CCSCC1. The van der Waals surface area contributed by atoms with Gasteiger partial charge in [0.2, 0.25) is 0 Å². The third-order valence-corrected chi connectivity index (χ3v) is 4.59. The molecule has 1 aromatic rings. The van der Waals surface area contributed by atoms with Gasteiger partial charge in [0.05, 0.1) is 10.6 Å². The Hall–Kier alpha value is -0.920. The largest absolute Gasteiger partial charge is 0.417 e. The Morgan fingerprint density at radius 2 is 1.95 bits per heavy atom. The van der Waals surface area contributed by atoms with Crippen molar-refractivity contribution in [3.63, 3.8) is 0 Å². The average molecular weight is 340 g/mol. The zero-order valence-electron chi connectivity index (χ0n) is 10.8. The number of rotatable bonds is 2. The number of thioether (sulfide) groups is 1. The van der Waals surface area contributed by atoms with Crippen LogP contribution >= 0.6 is 23.4 Å². The number of hydrogen-bond donors (Lipinski definition) is 2. The molecule has 0 aliphatic carbocycles. The van der Waals surface area contributed by atoms with Crippen molar-refractivity contribution in [2.45, 2.75) is 24.6 Å². The summed E-state index contributed by atoms with van der Waals surface area (Å²) in [4.78, 5) is 12.1. The predicted octanol–water partition coefficient (Wildman–Crippen LogP) is 3.56. The van der Waals surface area contributed by atoms with Crippen LogP contribution in [-0.2, 0) is 11.0 Å². The fourth-order valence-corrected chi connectivity index (χ4v) is 3.40. The molecule has 0 aromatic heterocycles. The standard InChI is InChI=1S/C13H13ClF3NO2S/c14-10-2-1-8(7-9(10)13(15,16)17)18-11(19)12(20)3-5-21-6-4-12/h1-2,7,20H,3-6H2,(H,18,19). The summed E-state index contributed by atoms with van der Waals surface area (Å²) in [6.45, 7) is 0. The normalized spacial score (nSPS) is 18.3. The van der Waals surface area contributed by atoms with Crippen LogP contribution in [0.1, 0.15) is 18.4 Å². The maximum atomic E-state index is 12.7. The molecule has 1 heterocycles. The van der Waals surface area contributed by atoms with Crippen molar-refractivity contribution in [2.75, 3.05) is 16.8 Å². The Kier molecular flexibility index (Phi) is 4.75. The van der Waals surface area contributed by atoms with E-state index in [0.717, 1.165) is 12.1 Å². The molecule has 116 valence electrons. The Labute approximate surface area is 128 Å². The van der Waals surface area contributed by atoms with E-state index in [4.69, 9.17) is 11.6 Å². The number of hydrogen-bond acceptors (Lipinski definition) is 3. The average Bonchev–Trinajstić information content (AvgIpc) is 2.40. The van der Waals surface area contributed by atoms with E-state index in [-0.39, 0.29) is 18.5 Å². The lowest BCUT2D eigenvalue weighted by Gasteiger charge is -2.30. The molecule has 8 heteroatoms. The summed E-state index contributed by atoms with van der Waals surface area (Å²) in [6.07, 6.45) is -4.04. The molecule has 0 atom stereocenters. The molecule has 2 rings (SSSR count). The van der Waals surface area contributed by atoms with Gasteiger partial charge < -0.3 is 10.4 Å². The van der Waals surface area contributed by atoms with Crippen molar-refractivity contribution in [1.82, 2.24) is 0 Å². The highest BCUT2D eigenvalue weighted by atomic mass is 35.5. The molecule has 1 amide bonds. The Bertz CT molecular complexity index is 545. The number of carbonyl (C=O) groups is 1. The summed E-state index contributed by atoms with van der Waals surface area (Å²) in [5.74, 6) is 0.592. The molecule has 3 nitrogen and oxygen atoms in total. The summed E-state index contributed by atoms with van der Waals surface area (Å²) in [6, 6.07) is 3.11. The van der Waals surface area contributed by atoms with Crippen LogP contribution < -0.4 is 5.32 Å². The first-order valence-corrected chi connectivity index (χ1v) is 7.74. The van der Waals surface area contributed by atoms with Crippen molar-refractivity contribution in [2.24, 2.45) is 0 Å². The molecule has 1 saturated heterocycles. The zero-order valence-corrected chi connectivity index (χ0v) is 12.4. The molecule has 0 radical (unpaired) electrons. The predicted molar refractivity (Wildman–Crippen MR) is 76.6 cm³/mol. The van der Waals surface area contributed by atoms with Crippen LogP contribution in [0.25, 0.3) is 0 Å². The maximum Gasteiger partial charge on any atom is 0.417 e. The highest BCUT2D eigenvalue weighted by molar-refractivity contribution is 7.99. The van der Waals surface area contributed by atoms with Gasteiger partial charge in [-0.2, -0.15) is 24.9 Å². The minimum Gasteiger partial charge on any atom is -0.380 e. The number of anilines is 1. The number of alkyl halides is 3. The Balaban J connectivity index is 2.18. The van der Waals surface area contributed by atoms with E-state index in [1.54, 1.807) is 11.8 Å². The Morgan fingerprint density at radius 3 is 2.52 bits per heavy atom. The molecule has 0 bridgehead atoms. The molecule has 1 aliphatic heterocycles. The van der Waals surface area contributed by atoms with Gasteiger partial charge in [-0.1, -0.05) is 11.6 Å². The van der Waals surface area contributed by atoms with Crippen LogP contribution in [0.15, 0.2) is 18.2 Å². The third kappa shape index (κ3) is 3.84. The molecule has 1 aliphatic rings.